The molecule has 1 amide bonds. The Hall–Kier alpha value is -2.25. The number of nitro benzene ring substituents is 1. The topological polar surface area (TPSA) is 75.5 Å². The third kappa shape index (κ3) is 3.72. The Bertz CT molecular complexity index is 789. The van der Waals surface area contributed by atoms with E-state index in [1.54, 1.807) is 17.4 Å². The molecular weight excluding hydrogens is 338 g/mol. The number of rotatable bonds is 5. The molecule has 0 saturated heterocycles. The number of carbonyl (C=O) groups excluding carboxylic acids is 1. The van der Waals surface area contributed by atoms with Crippen molar-refractivity contribution in [2.75, 3.05) is 13.1 Å². The molecule has 2 atom stereocenters. The van der Waals surface area contributed by atoms with Gasteiger partial charge in [-0.05, 0) is 43.3 Å². The number of fused-ring (bicyclic) bond motifs is 1. The minimum Gasteiger partial charge on any atom is -0.351 e. The van der Waals surface area contributed by atoms with Gasteiger partial charge in [-0.1, -0.05) is 6.07 Å². The molecule has 1 aliphatic rings. The summed E-state index contributed by atoms with van der Waals surface area (Å²) in [5.74, 6) is -0.280. The molecule has 0 bridgehead atoms. The van der Waals surface area contributed by atoms with Crippen molar-refractivity contribution in [2.45, 2.75) is 32.4 Å². The number of nitrogens with zero attached hydrogens (tertiary/aromatic N) is 2. The minimum absolute atomic E-state index is 0.0730. The van der Waals surface area contributed by atoms with E-state index in [0.29, 0.717) is 24.2 Å². The van der Waals surface area contributed by atoms with Gasteiger partial charge in [0.2, 0.25) is 0 Å². The highest BCUT2D eigenvalue weighted by atomic mass is 32.1. The van der Waals surface area contributed by atoms with Gasteiger partial charge in [0.05, 0.1) is 4.92 Å². The Morgan fingerprint density at radius 1 is 1.40 bits per heavy atom. The second-order valence-electron chi connectivity index (χ2n) is 6.34. The number of nitrogens with one attached hydrogen (secondary N) is 1. The number of benzene rings is 1. The molecule has 0 unspecified atom stereocenters. The van der Waals surface area contributed by atoms with Crippen LogP contribution in [0.3, 0.4) is 0 Å². The van der Waals surface area contributed by atoms with Gasteiger partial charge in [0.1, 0.15) is 0 Å². The van der Waals surface area contributed by atoms with Crippen LogP contribution in [-0.4, -0.2) is 34.9 Å². The summed E-state index contributed by atoms with van der Waals surface area (Å²) in [6.45, 7) is 5.67. The van der Waals surface area contributed by atoms with E-state index < -0.39 is 4.92 Å². The summed E-state index contributed by atoms with van der Waals surface area (Å²) >= 11 is 1.79. The zero-order valence-corrected chi connectivity index (χ0v) is 15.1. The fraction of sp³-hybridized carbons (Fsp3) is 0.389. The summed E-state index contributed by atoms with van der Waals surface area (Å²) in [6, 6.07) is 8.77. The monoisotopic (exact) mass is 359 g/mol. The standard InChI is InChI=1S/C18H21N3O3S/c1-12-10-14-6-9-25-17(14)13(2)20(12)8-7-19-18(22)15-4-3-5-16(11-15)21(23)24/h3-6,9,11-13H,7-8,10H2,1-2H3,(H,19,22)/t12-,13+/m1/s1. The second-order valence-corrected chi connectivity index (χ2v) is 7.29. The summed E-state index contributed by atoms with van der Waals surface area (Å²) in [5.41, 5.74) is 1.67. The normalized spacial score (nSPS) is 20.1. The maximum atomic E-state index is 12.2. The number of hydrogen-bond donors (Lipinski definition) is 1. The van der Waals surface area contributed by atoms with E-state index >= 15 is 0 Å². The molecule has 0 radical (unpaired) electrons. The number of hydrogen-bond acceptors (Lipinski definition) is 5. The first-order valence-corrected chi connectivity index (χ1v) is 9.20. The maximum Gasteiger partial charge on any atom is 0.270 e. The van der Waals surface area contributed by atoms with Crippen LogP contribution in [0.15, 0.2) is 35.7 Å². The highest BCUT2D eigenvalue weighted by Gasteiger charge is 2.29. The average molecular weight is 359 g/mol. The van der Waals surface area contributed by atoms with Crippen LogP contribution in [0, 0.1) is 10.1 Å². The number of amides is 1. The number of thiophene rings is 1. The Kier molecular flexibility index (Phi) is 5.15. The molecule has 7 heteroatoms. The highest BCUT2D eigenvalue weighted by Crippen LogP contribution is 2.35. The van der Waals surface area contributed by atoms with Crippen molar-refractivity contribution in [1.29, 1.82) is 0 Å². The van der Waals surface area contributed by atoms with E-state index in [2.05, 4.69) is 35.5 Å². The number of non-ortho nitro benzene ring substituents is 1. The molecular formula is C18H21N3O3S. The molecule has 2 heterocycles. The van der Waals surface area contributed by atoms with E-state index in [4.69, 9.17) is 0 Å². The molecule has 0 aliphatic carbocycles. The van der Waals surface area contributed by atoms with Crippen LogP contribution < -0.4 is 5.32 Å². The van der Waals surface area contributed by atoms with E-state index in [0.717, 1.165) is 13.0 Å². The van der Waals surface area contributed by atoms with Gasteiger partial charge >= 0.3 is 0 Å². The fourth-order valence-corrected chi connectivity index (χ4v) is 4.44. The van der Waals surface area contributed by atoms with E-state index in [-0.39, 0.29) is 11.6 Å². The number of carbonyl (C=O) groups is 1. The fourth-order valence-electron chi connectivity index (χ4n) is 3.43. The molecule has 1 N–H and O–H groups in total. The van der Waals surface area contributed by atoms with Crippen LogP contribution in [0.4, 0.5) is 5.69 Å². The van der Waals surface area contributed by atoms with E-state index in [9.17, 15) is 14.9 Å². The summed E-state index contributed by atoms with van der Waals surface area (Å²) in [4.78, 5) is 26.4. The Morgan fingerprint density at radius 2 is 2.20 bits per heavy atom. The van der Waals surface area contributed by atoms with Crippen molar-refractivity contribution in [3.8, 4) is 0 Å². The van der Waals surface area contributed by atoms with Crippen LogP contribution in [0.2, 0.25) is 0 Å². The highest BCUT2D eigenvalue weighted by molar-refractivity contribution is 7.10. The molecule has 1 aliphatic heterocycles. The van der Waals surface area contributed by atoms with Crippen molar-refractivity contribution in [3.63, 3.8) is 0 Å². The quantitative estimate of drug-likeness (QED) is 0.656. The summed E-state index contributed by atoms with van der Waals surface area (Å²) in [5, 5.41) is 15.8. The van der Waals surface area contributed by atoms with Gasteiger partial charge in [-0.3, -0.25) is 19.8 Å². The average Bonchev–Trinajstić information content (AvgIpc) is 3.06. The lowest BCUT2D eigenvalue weighted by molar-refractivity contribution is -0.384. The van der Waals surface area contributed by atoms with E-state index in [1.165, 1.54) is 28.6 Å². The van der Waals surface area contributed by atoms with E-state index in [1.807, 2.05) is 0 Å². The lowest BCUT2D eigenvalue weighted by Gasteiger charge is -2.38. The molecule has 3 rings (SSSR count). The van der Waals surface area contributed by atoms with Crippen molar-refractivity contribution in [3.05, 3.63) is 61.8 Å². The van der Waals surface area contributed by atoms with Crippen LogP contribution in [-0.2, 0) is 6.42 Å². The SMILES string of the molecule is C[C@@H]1Cc2ccsc2[C@H](C)N1CCNC(=O)c1cccc([N+](=O)[O-])c1. The van der Waals surface area contributed by atoms with Crippen LogP contribution in [0.25, 0.3) is 0 Å². The van der Waals surface area contributed by atoms with Gasteiger partial charge in [0, 0.05) is 47.7 Å². The predicted molar refractivity (Wildman–Crippen MR) is 98.0 cm³/mol. The maximum absolute atomic E-state index is 12.2. The largest absolute Gasteiger partial charge is 0.351 e. The Labute approximate surface area is 150 Å². The smallest absolute Gasteiger partial charge is 0.270 e. The predicted octanol–water partition coefficient (Wildman–Crippen LogP) is 3.39. The Morgan fingerprint density at radius 3 is 2.96 bits per heavy atom. The first kappa shape index (κ1) is 17.6. The first-order chi connectivity index (χ1) is 12.0. The summed E-state index contributed by atoms with van der Waals surface area (Å²) < 4.78 is 0. The first-order valence-electron chi connectivity index (χ1n) is 8.32. The number of nitro groups is 1. The van der Waals surface area contributed by atoms with Gasteiger partial charge in [0.25, 0.3) is 11.6 Å². The lowest BCUT2D eigenvalue weighted by atomic mass is 9.97. The van der Waals surface area contributed by atoms with Gasteiger partial charge < -0.3 is 5.32 Å². The molecule has 6 nitrogen and oxygen atoms in total. The van der Waals surface area contributed by atoms with Gasteiger partial charge in [-0.2, -0.15) is 0 Å². The van der Waals surface area contributed by atoms with Gasteiger partial charge in [-0.25, -0.2) is 0 Å². The molecule has 0 spiro atoms. The van der Waals surface area contributed by atoms with Crippen molar-refractivity contribution in [1.82, 2.24) is 10.2 Å². The molecule has 0 saturated carbocycles. The third-order valence-corrected chi connectivity index (χ3v) is 5.84. The van der Waals surface area contributed by atoms with Gasteiger partial charge in [-0.15, -0.1) is 11.3 Å². The van der Waals surface area contributed by atoms with Crippen molar-refractivity contribution in [2.24, 2.45) is 0 Å². The van der Waals surface area contributed by atoms with Gasteiger partial charge in [0.15, 0.2) is 0 Å². The molecule has 25 heavy (non-hydrogen) atoms. The summed E-state index contributed by atoms with van der Waals surface area (Å²) in [7, 11) is 0. The second kappa shape index (κ2) is 7.33. The van der Waals surface area contributed by atoms with Crippen LogP contribution in [0.1, 0.15) is 40.7 Å². The van der Waals surface area contributed by atoms with Crippen molar-refractivity contribution >= 4 is 22.9 Å². The van der Waals surface area contributed by atoms with Crippen molar-refractivity contribution < 1.29 is 9.72 Å². The Balaban J connectivity index is 1.58. The third-order valence-electron chi connectivity index (χ3n) is 4.71. The molecule has 2 aromatic rings. The molecule has 1 aromatic carbocycles. The summed E-state index contributed by atoms with van der Waals surface area (Å²) in [6.07, 6.45) is 1.03. The molecule has 0 fully saturated rings. The zero-order chi connectivity index (χ0) is 18.0. The lowest BCUT2D eigenvalue weighted by Crippen LogP contribution is -2.44. The van der Waals surface area contributed by atoms with Crippen LogP contribution >= 0.6 is 11.3 Å². The van der Waals surface area contributed by atoms with Crippen LogP contribution in [0.5, 0.6) is 0 Å². The molecule has 132 valence electrons. The minimum atomic E-state index is -0.494. The zero-order valence-electron chi connectivity index (χ0n) is 14.3. The molecule has 1 aromatic heterocycles.